The van der Waals surface area contributed by atoms with Crippen LogP contribution in [0.4, 0.5) is 0 Å². The van der Waals surface area contributed by atoms with E-state index in [1.165, 1.54) is 19.2 Å². The molecule has 1 N–H and O–H groups in total. The molecule has 0 saturated carbocycles. The fraction of sp³-hybridized carbons (Fsp3) is 0.417. The monoisotopic (exact) mass is 353 g/mol. The van der Waals surface area contributed by atoms with E-state index in [9.17, 15) is 13.2 Å². The van der Waals surface area contributed by atoms with Gasteiger partial charge in [-0.3, -0.25) is 0 Å². The lowest BCUT2D eigenvalue weighted by atomic mass is 10.2. The van der Waals surface area contributed by atoms with E-state index in [1.54, 1.807) is 0 Å². The summed E-state index contributed by atoms with van der Waals surface area (Å²) in [7, 11) is -2.51. The number of carboxylic acid groups (broad SMARTS) is 1. The molecule has 2 rings (SSSR count). The van der Waals surface area contributed by atoms with Gasteiger partial charge in [-0.1, -0.05) is 23.2 Å². The smallest absolute Gasteiger partial charge is 0.338 e. The lowest BCUT2D eigenvalue weighted by Crippen LogP contribution is -2.37. The molecule has 9 heteroatoms. The van der Waals surface area contributed by atoms with Crippen molar-refractivity contribution in [2.75, 3.05) is 20.3 Å². The van der Waals surface area contributed by atoms with Gasteiger partial charge in [-0.25, -0.2) is 13.2 Å². The lowest BCUT2D eigenvalue weighted by molar-refractivity contribution is 0.0697. The summed E-state index contributed by atoms with van der Waals surface area (Å²) in [5.74, 6) is -1.38. The van der Waals surface area contributed by atoms with E-state index in [2.05, 4.69) is 0 Å². The van der Waals surface area contributed by atoms with Gasteiger partial charge in [0.05, 0.1) is 28.3 Å². The Morgan fingerprint density at radius 3 is 2.62 bits per heavy atom. The molecule has 0 bridgehead atoms. The van der Waals surface area contributed by atoms with E-state index in [0.29, 0.717) is 19.6 Å². The van der Waals surface area contributed by atoms with Gasteiger partial charge in [0, 0.05) is 13.7 Å². The number of ether oxygens (including phenoxy) is 1. The Bertz CT molecular complexity index is 670. The summed E-state index contributed by atoms with van der Waals surface area (Å²) in [5, 5.41) is 8.59. The lowest BCUT2D eigenvalue weighted by Gasteiger charge is -2.23. The fourth-order valence-corrected chi connectivity index (χ4v) is 4.35. The van der Waals surface area contributed by atoms with E-state index in [1.807, 2.05) is 0 Å². The maximum Gasteiger partial charge on any atom is 0.338 e. The molecule has 1 aliphatic heterocycles. The molecule has 1 unspecified atom stereocenters. The Labute approximate surface area is 132 Å². The Kier molecular flexibility index (Phi) is 4.79. The molecular weight excluding hydrogens is 341 g/mol. The molecule has 1 saturated heterocycles. The molecule has 1 aromatic rings. The van der Waals surface area contributed by atoms with Crippen LogP contribution in [0.25, 0.3) is 0 Å². The number of carboxylic acids is 1. The predicted octanol–water partition coefficient (Wildman–Crippen LogP) is 2.10. The second-order valence-electron chi connectivity index (χ2n) is 4.58. The fourth-order valence-electron chi connectivity index (χ4n) is 2.09. The zero-order valence-electron chi connectivity index (χ0n) is 11.0. The van der Waals surface area contributed by atoms with Crippen molar-refractivity contribution in [3.8, 4) is 0 Å². The number of halogens is 2. The van der Waals surface area contributed by atoms with Crippen molar-refractivity contribution in [1.82, 2.24) is 4.31 Å². The van der Waals surface area contributed by atoms with Gasteiger partial charge in [0.25, 0.3) is 0 Å². The van der Waals surface area contributed by atoms with Gasteiger partial charge in [-0.15, -0.1) is 0 Å². The molecule has 0 aromatic heterocycles. The van der Waals surface area contributed by atoms with Gasteiger partial charge in [-0.05, 0) is 18.6 Å². The van der Waals surface area contributed by atoms with E-state index in [4.69, 9.17) is 33.0 Å². The molecule has 1 atom stereocenters. The minimum Gasteiger partial charge on any atom is -0.478 e. The van der Waals surface area contributed by atoms with Crippen LogP contribution in [0.2, 0.25) is 10.0 Å². The van der Waals surface area contributed by atoms with Crippen molar-refractivity contribution < 1.29 is 23.1 Å². The Hall–Kier alpha value is -0.860. The standard InChI is InChI=1S/C12H13Cl2NO5S/c1-15(7-4-5-20-6-7)21(18,19)9-3-2-8(13)10(11(9)14)12(16)17/h2-3,7H,4-6H2,1H3,(H,16,17). The predicted molar refractivity (Wildman–Crippen MR) is 77.6 cm³/mol. The van der Waals surface area contributed by atoms with Gasteiger partial charge in [0.15, 0.2) is 0 Å². The van der Waals surface area contributed by atoms with E-state index < -0.39 is 21.6 Å². The molecule has 1 aliphatic rings. The van der Waals surface area contributed by atoms with Gasteiger partial charge < -0.3 is 9.84 Å². The number of benzene rings is 1. The van der Waals surface area contributed by atoms with Crippen LogP contribution in [0, 0.1) is 0 Å². The molecule has 21 heavy (non-hydrogen) atoms. The van der Waals surface area contributed by atoms with E-state index >= 15 is 0 Å². The first-order valence-electron chi connectivity index (χ1n) is 6.04. The zero-order valence-corrected chi connectivity index (χ0v) is 13.4. The normalized spacial score (nSPS) is 19.1. The minimum atomic E-state index is -3.93. The van der Waals surface area contributed by atoms with Gasteiger partial charge >= 0.3 is 5.97 Å². The molecule has 116 valence electrons. The summed E-state index contributed by atoms with van der Waals surface area (Å²) >= 11 is 11.7. The highest BCUT2D eigenvalue weighted by Crippen LogP contribution is 2.33. The van der Waals surface area contributed by atoms with Gasteiger partial charge in [0.1, 0.15) is 4.90 Å². The second-order valence-corrected chi connectivity index (χ2v) is 7.33. The molecule has 0 aliphatic carbocycles. The van der Waals surface area contributed by atoms with Gasteiger partial charge in [-0.2, -0.15) is 4.31 Å². The van der Waals surface area contributed by atoms with Crippen molar-refractivity contribution in [2.45, 2.75) is 17.4 Å². The minimum absolute atomic E-state index is 0.113. The summed E-state index contributed by atoms with van der Waals surface area (Å²) in [4.78, 5) is 10.9. The summed E-state index contributed by atoms with van der Waals surface area (Å²) < 4.78 is 31.5. The highest BCUT2D eigenvalue weighted by molar-refractivity contribution is 7.89. The third kappa shape index (κ3) is 3.02. The Morgan fingerprint density at radius 2 is 2.10 bits per heavy atom. The van der Waals surface area contributed by atoms with Crippen LogP contribution in [-0.2, 0) is 14.8 Å². The van der Waals surface area contributed by atoms with Crippen LogP contribution in [-0.4, -0.2) is 50.1 Å². The van der Waals surface area contributed by atoms with Crippen molar-refractivity contribution >= 4 is 39.2 Å². The van der Waals surface area contributed by atoms with Crippen LogP contribution in [0.5, 0.6) is 0 Å². The van der Waals surface area contributed by atoms with Crippen LogP contribution in [0.3, 0.4) is 0 Å². The van der Waals surface area contributed by atoms with Crippen LogP contribution < -0.4 is 0 Å². The summed E-state index contributed by atoms with van der Waals surface area (Å²) in [6, 6.07) is 2.12. The third-order valence-corrected chi connectivity index (χ3v) is 6.12. The maximum atomic E-state index is 12.6. The first-order valence-corrected chi connectivity index (χ1v) is 8.23. The van der Waals surface area contributed by atoms with Crippen LogP contribution >= 0.6 is 23.2 Å². The maximum absolute atomic E-state index is 12.6. The van der Waals surface area contributed by atoms with Crippen molar-refractivity contribution in [3.05, 3.63) is 27.7 Å². The average molecular weight is 354 g/mol. The molecule has 0 amide bonds. The second kappa shape index (κ2) is 6.10. The molecule has 1 aromatic carbocycles. The van der Waals surface area contributed by atoms with Crippen molar-refractivity contribution in [3.63, 3.8) is 0 Å². The molecule has 6 nitrogen and oxygen atoms in total. The number of hydrogen-bond donors (Lipinski definition) is 1. The highest BCUT2D eigenvalue weighted by atomic mass is 35.5. The molecule has 0 radical (unpaired) electrons. The number of rotatable bonds is 4. The molecule has 0 spiro atoms. The average Bonchev–Trinajstić information content (AvgIpc) is 2.90. The SMILES string of the molecule is CN(C1CCOC1)S(=O)(=O)c1ccc(Cl)c(C(=O)O)c1Cl. The van der Waals surface area contributed by atoms with Gasteiger partial charge in [0.2, 0.25) is 10.0 Å². The number of nitrogens with zero attached hydrogens (tertiary/aromatic N) is 1. The summed E-state index contributed by atoms with van der Waals surface area (Å²) in [5.41, 5.74) is -0.421. The van der Waals surface area contributed by atoms with Crippen molar-refractivity contribution in [2.24, 2.45) is 0 Å². The number of likely N-dealkylation sites (N-methyl/N-ethyl adjacent to an activating group) is 1. The van der Waals surface area contributed by atoms with E-state index in [-0.39, 0.29) is 21.0 Å². The third-order valence-electron chi connectivity index (χ3n) is 3.35. The number of sulfonamides is 1. The first kappa shape index (κ1) is 16.5. The summed E-state index contributed by atoms with van der Waals surface area (Å²) in [6.07, 6.45) is 0.576. The number of aromatic carboxylic acids is 1. The Balaban J connectivity index is 2.50. The van der Waals surface area contributed by atoms with E-state index in [0.717, 1.165) is 4.31 Å². The highest BCUT2D eigenvalue weighted by Gasteiger charge is 2.33. The van der Waals surface area contributed by atoms with Crippen LogP contribution in [0.1, 0.15) is 16.8 Å². The number of hydrogen-bond acceptors (Lipinski definition) is 4. The van der Waals surface area contributed by atoms with Crippen LogP contribution in [0.15, 0.2) is 17.0 Å². The zero-order chi connectivity index (χ0) is 15.8. The Morgan fingerprint density at radius 1 is 1.43 bits per heavy atom. The first-order chi connectivity index (χ1) is 9.76. The van der Waals surface area contributed by atoms with Crippen molar-refractivity contribution in [1.29, 1.82) is 0 Å². The quantitative estimate of drug-likeness (QED) is 0.895. The molecule has 1 heterocycles. The summed E-state index contributed by atoms with van der Waals surface area (Å²) in [6.45, 7) is 0.784. The topological polar surface area (TPSA) is 83.9 Å². The molecular formula is C12H13Cl2NO5S. The molecule has 1 fully saturated rings. The number of carbonyl (C=O) groups is 1. The largest absolute Gasteiger partial charge is 0.478 e.